The Labute approximate surface area is 125 Å². The maximum atomic E-state index is 13.6. The van der Waals surface area contributed by atoms with E-state index in [9.17, 15) is 9.50 Å². The molecule has 2 aromatic rings. The molecule has 0 amide bonds. The normalized spacial score (nSPS) is 13.2. The van der Waals surface area contributed by atoms with E-state index in [1.807, 2.05) is 44.2 Å². The quantitative estimate of drug-likeness (QED) is 0.871. The first-order chi connectivity index (χ1) is 9.87. The Morgan fingerprint density at radius 2 is 1.81 bits per heavy atom. The van der Waals surface area contributed by atoms with Crippen LogP contribution in [0.15, 0.2) is 48.5 Å². The molecule has 0 spiro atoms. The molecule has 0 heterocycles. The van der Waals surface area contributed by atoms with Crippen molar-refractivity contribution in [1.29, 1.82) is 0 Å². The standard InChI is InChI=1S/C18H22FNO/c1-18(2,20)11-10-17(21)15-9-8-14(19)12-16(15)13-6-4-3-5-7-13/h3-9,12,17,21H,10-11,20H2,1-2H3. The van der Waals surface area contributed by atoms with Crippen LogP contribution in [0.5, 0.6) is 0 Å². The van der Waals surface area contributed by atoms with Gasteiger partial charge in [-0.05, 0) is 55.5 Å². The number of hydrogen-bond donors (Lipinski definition) is 2. The second kappa shape index (κ2) is 6.37. The summed E-state index contributed by atoms with van der Waals surface area (Å²) in [5.74, 6) is -0.302. The summed E-state index contributed by atoms with van der Waals surface area (Å²) in [5, 5.41) is 10.4. The molecule has 3 N–H and O–H groups in total. The van der Waals surface area contributed by atoms with Crippen LogP contribution in [0.1, 0.15) is 38.4 Å². The molecule has 0 saturated heterocycles. The van der Waals surface area contributed by atoms with Gasteiger partial charge in [-0.3, -0.25) is 0 Å². The van der Waals surface area contributed by atoms with Crippen molar-refractivity contribution in [2.75, 3.05) is 0 Å². The molecule has 0 aliphatic heterocycles. The van der Waals surface area contributed by atoms with Crippen molar-refractivity contribution in [2.45, 2.75) is 38.3 Å². The second-order valence-electron chi connectivity index (χ2n) is 6.14. The lowest BCUT2D eigenvalue weighted by Crippen LogP contribution is -2.32. The van der Waals surface area contributed by atoms with E-state index in [2.05, 4.69) is 0 Å². The summed E-state index contributed by atoms with van der Waals surface area (Å²) in [6.07, 6.45) is 0.595. The molecule has 2 rings (SSSR count). The van der Waals surface area contributed by atoms with E-state index in [4.69, 9.17) is 5.73 Å². The second-order valence-corrected chi connectivity index (χ2v) is 6.14. The first kappa shape index (κ1) is 15.7. The van der Waals surface area contributed by atoms with Gasteiger partial charge in [-0.2, -0.15) is 0 Å². The van der Waals surface area contributed by atoms with Crippen molar-refractivity contribution in [2.24, 2.45) is 5.73 Å². The third-order valence-corrected chi connectivity index (χ3v) is 3.52. The third kappa shape index (κ3) is 4.38. The zero-order chi connectivity index (χ0) is 15.5. The van der Waals surface area contributed by atoms with Gasteiger partial charge in [0.1, 0.15) is 5.82 Å². The van der Waals surface area contributed by atoms with Crippen LogP contribution in [0.3, 0.4) is 0 Å². The lowest BCUT2D eigenvalue weighted by molar-refractivity contribution is 0.156. The average Bonchev–Trinajstić information content (AvgIpc) is 2.45. The van der Waals surface area contributed by atoms with Crippen LogP contribution in [0, 0.1) is 5.82 Å². The Balaban J connectivity index is 2.31. The van der Waals surface area contributed by atoms with Crippen molar-refractivity contribution >= 4 is 0 Å². The Kier molecular flexibility index (Phi) is 4.76. The molecule has 21 heavy (non-hydrogen) atoms. The molecule has 2 nitrogen and oxygen atoms in total. The van der Waals surface area contributed by atoms with Gasteiger partial charge in [-0.1, -0.05) is 36.4 Å². The number of benzene rings is 2. The van der Waals surface area contributed by atoms with E-state index < -0.39 is 6.10 Å². The van der Waals surface area contributed by atoms with Gasteiger partial charge in [0, 0.05) is 5.54 Å². The van der Waals surface area contributed by atoms with E-state index in [0.717, 1.165) is 16.7 Å². The van der Waals surface area contributed by atoms with Crippen LogP contribution in [0.25, 0.3) is 11.1 Å². The zero-order valence-corrected chi connectivity index (χ0v) is 12.5. The van der Waals surface area contributed by atoms with Gasteiger partial charge < -0.3 is 10.8 Å². The van der Waals surface area contributed by atoms with Crippen LogP contribution >= 0.6 is 0 Å². The molecule has 0 radical (unpaired) electrons. The number of halogens is 1. The third-order valence-electron chi connectivity index (χ3n) is 3.52. The number of nitrogens with two attached hydrogens (primary N) is 1. The van der Waals surface area contributed by atoms with E-state index in [-0.39, 0.29) is 11.4 Å². The highest BCUT2D eigenvalue weighted by molar-refractivity contribution is 5.67. The fourth-order valence-electron chi connectivity index (χ4n) is 2.35. The number of aliphatic hydroxyl groups is 1. The van der Waals surface area contributed by atoms with Crippen molar-refractivity contribution in [3.8, 4) is 11.1 Å². The molecule has 3 heteroatoms. The molecular formula is C18H22FNO. The fourth-order valence-corrected chi connectivity index (χ4v) is 2.35. The van der Waals surface area contributed by atoms with E-state index >= 15 is 0 Å². The summed E-state index contributed by atoms with van der Waals surface area (Å²) in [6.45, 7) is 3.87. The highest BCUT2D eigenvalue weighted by atomic mass is 19.1. The first-order valence-corrected chi connectivity index (χ1v) is 7.19. The Hall–Kier alpha value is -1.71. The minimum atomic E-state index is -0.649. The van der Waals surface area contributed by atoms with Crippen molar-refractivity contribution in [3.63, 3.8) is 0 Å². The van der Waals surface area contributed by atoms with Crippen molar-refractivity contribution in [3.05, 3.63) is 59.9 Å². The predicted molar refractivity (Wildman–Crippen MR) is 84.3 cm³/mol. The zero-order valence-electron chi connectivity index (χ0n) is 12.5. The maximum absolute atomic E-state index is 13.6. The van der Waals surface area contributed by atoms with Gasteiger partial charge in [0.05, 0.1) is 6.10 Å². The highest BCUT2D eigenvalue weighted by Crippen LogP contribution is 2.32. The van der Waals surface area contributed by atoms with Gasteiger partial charge in [-0.15, -0.1) is 0 Å². The summed E-state index contributed by atoms with van der Waals surface area (Å²) in [5.41, 5.74) is 8.02. The largest absolute Gasteiger partial charge is 0.388 e. The summed E-state index contributed by atoms with van der Waals surface area (Å²) in [6, 6.07) is 14.1. The van der Waals surface area contributed by atoms with Crippen LogP contribution < -0.4 is 5.73 Å². The molecule has 1 atom stereocenters. The number of aliphatic hydroxyl groups excluding tert-OH is 1. The molecule has 0 bridgehead atoms. The first-order valence-electron chi connectivity index (χ1n) is 7.19. The summed E-state index contributed by atoms with van der Waals surface area (Å²) in [7, 11) is 0. The molecule has 0 saturated carbocycles. The van der Waals surface area contributed by atoms with Gasteiger partial charge in [0.25, 0.3) is 0 Å². The fraction of sp³-hybridized carbons (Fsp3) is 0.333. The molecule has 0 aliphatic carbocycles. The Morgan fingerprint density at radius 1 is 1.14 bits per heavy atom. The van der Waals surface area contributed by atoms with Crippen LogP contribution in [0.4, 0.5) is 4.39 Å². The lowest BCUT2D eigenvalue weighted by atomic mass is 9.91. The van der Waals surface area contributed by atoms with Crippen LogP contribution in [0.2, 0.25) is 0 Å². The number of hydrogen-bond acceptors (Lipinski definition) is 2. The highest BCUT2D eigenvalue weighted by Gasteiger charge is 2.18. The monoisotopic (exact) mass is 287 g/mol. The predicted octanol–water partition coefficient (Wildman–Crippen LogP) is 4.04. The van der Waals surface area contributed by atoms with Gasteiger partial charge in [0.2, 0.25) is 0 Å². The molecule has 2 aromatic carbocycles. The van der Waals surface area contributed by atoms with Gasteiger partial charge in [-0.25, -0.2) is 4.39 Å². The maximum Gasteiger partial charge on any atom is 0.123 e. The van der Waals surface area contributed by atoms with Gasteiger partial charge >= 0.3 is 0 Å². The summed E-state index contributed by atoms with van der Waals surface area (Å²) < 4.78 is 13.6. The summed E-state index contributed by atoms with van der Waals surface area (Å²) in [4.78, 5) is 0. The van der Waals surface area contributed by atoms with E-state index in [1.54, 1.807) is 6.07 Å². The molecular weight excluding hydrogens is 265 g/mol. The van der Waals surface area contributed by atoms with E-state index in [0.29, 0.717) is 12.8 Å². The molecule has 0 fully saturated rings. The Morgan fingerprint density at radius 3 is 2.43 bits per heavy atom. The van der Waals surface area contributed by atoms with E-state index in [1.165, 1.54) is 12.1 Å². The summed E-state index contributed by atoms with van der Waals surface area (Å²) >= 11 is 0. The number of rotatable bonds is 5. The minimum Gasteiger partial charge on any atom is -0.388 e. The minimum absolute atomic E-state index is 0.302. The smallest absolute Gasteiger partial charge is 0.123 e. The molecule has 0 aromatic heterocycles. The molecule has 112 valence electrons. The molecule has 1 unspecified atom stereocenters. The molecule has 0 aliphatic rings. The topological polar surface area (TPSA) is 46.2 Å². The van der Waals surface area contributed by atoms with Crippen molar-refractivity contribution in [1.82, 2.24) is 0 Å². The van der Waals surface area contributed by atoms with Crippen LogP contribution in [-0.4, -0.2) is 10.6 Å². The average molecular weight is 287 g/mol. The SMILES string of the molecule is CC(C)(N)CCC(O)c1ccc(F)cc1-c1ccccc1. The lowest BCUT2D eigenvalue weighted by Gasteiger charge is -2.22. The van der Waals surface area contributed by atoms with Crippen LogP contribution in [-0.2, 0) is 0 Å². The Bertz CT molecular complexity index is 590. The van der Waals surface area contributed by atoms with Gasteiger partial charge in [0.15, 0.2) is 0 Å². The van der Waals surface area contributed by atoms with Crippen molar-refractivity contribution < 1.29 is 9.50 Å².